The third kappa shape index (κ3) is 5.19. The highest BCUT2D eigenvalue weighted by Gasteiger charge is 2.10. The van der Waals surface area contributed by atoms with Gasteiger partial charge in [-0.3, -0.25) is 5.32 Å². The maximum absolute atomic E-state index is 11.1. The molecule has 5 heteroatoms. The lowest BCUT2D eigenvalue weighted by molar-refractivity contribution is 0.168. The Balaban J connectivity index is 2.59. The number of nitrogens with one attached hydrogen (secondary N) is 2. The number of amides is 1. The SMILES string of the molecule is CCOC(=O)Nc1ccc(NC(C)(C)C)nc1. The molecule has 0 aliphatic rings. The number of ether oxygens (including phenoxy) is 1. The number of carbonyl (C=O) groups is 1. The maximum Gasteiger partial charge on any atom is 0.411 e. The van der Waals surface area contributed by atoms with E-state index >= 15 is 0 Å². The molecule has 0 radical (unpaired) electrons. The lowest BCUT2D eigenvalue weighted by atomic mass is 10.1. The van der Waals surface area contributed by atoms with E-state index in [9.17, 15) is 4.79 Å². The first-order valence-electron chi connectivity index (χ1n) is 5.59. The summed E-state index contributed by atoms with van der Waals surface area (Å²) < 4.78 is 4.76. The van der Waals surface area contributed by atoms with Gasteiger partial charge in [0.25, 0.3) is 0 Å². The maximum atomic E-state index is 11.1. The van der Waals surface area contributed by atoms with Gasteiger partial charge in [-0.05, 0) is 39.8 Å². The number of nitrogens with zero attached hydrogens (tertiary/aromatic N) is 1. The van der Waals surface area contributed by atoms with Crippen molar-refractivity contribution >= 4 is 17.6 Å². The molecule has 94 valence electrons. The molecule has 0 aromatic carbocycles. The predicted molar refractivity (Wildman–Crippen MR) is 68.3 cm³/mol. The van der Waals surface area contributed by atoms with Gasteiger partial charge in [-0.1, -0.05) is 0 Å². The molecule has 17 heavy (non-hydrogen) atoms. The number of rotatable bonds is 3. The largest absolute Gasteiger partial charge is 0.450 e. The number of anilines is 2. The summed E-state index contributed by atoms with van der Waals surface area (Å²) in [5.41, 5.74) is 0.575. The number of carbonyl (C=O) groups excluding carboxylic acids is 1. The molecule has 0 bridgehead atoms. The molecule has 0 aliphatic carbocycles. The summed E-state index contributed by atoms with van der Waals surface area (Å²) >= 11 is 0. The summed E-state index contributed by atoms with van der Waals surface area (Å²) in [4.78, 5) is 15.3. The van der Waals surface area contributed by atoms with Gasteiger partial charge in [-0.2, -0.15) is 0 Å². The van der Waals surface area contributed by atoms with Crippen molar-refractivity contribution in [2.75, 3.05) is 17.2 Å². The molecule has 5 nitrogen and oxygen atoms in total. The molecule has 1 amide bonds. The molecular formula is C12H19N3O2. The first kappa shape index (κ1) is 13.3. The Morgan fingerprint density at radius 2 is 2.12 bits per heavy atom. The standard InChI is InChI=1S/C12H19N3O2/c1-5-17-11(16)14-9-6-7-10(13-8-9)15-12(2,3)4/h6-8H,5H2,1-4H3,(H,13,15)(H,14,16). The van der Waals surface area contributed by atoms with Crippen molar-refractivity contribution in [2.45, 2.75) is 33.2 Å². The number of aromatic nitrogens is 1. The summed E-state index contributed by atoms with van der Waals surface area (Å²) in [5, 5.41) is 5.81. The molecule has 1 aromatic heterocycles. The number of hydrogen-bond donors (Lipinski definition) is 2. The predicted octanol–water partition coefficient (Wildman–Crippen LogP) is 2.86. The van der Waals surface area contributed by atoms with Crippen LogP contribution in [0.15, 0.2) is 18.3 Å². The van der Waals surface area contributed by atoms with E-state index in [1.54, 1.807) is 19.2 Å². The highest BCUT2D eigenvalue weighted by molar-refractivity contribution is 5.84. The van der Waals surface area contributed by atoms with Crippen molar-refractivity contribution in [3.63, 3.8) is 0 Å². The van der Waals surface area contributed by atoms with Crippen molar-refractivity contribution in [1.29, 1.82) is 0 Å². The van der Waals surface area contributed by atoms with Crippen LogP contribution in [0.3, 0.4) is 0 Å². The van der Waals surface area contributed by atoms with Crippen molar-refractivity contribution in [3.8, 4) is 0 Å². The van der Waals surface area contributed by atoms with Gasteiger partial charge in [0.2, 0.25) is 0 Å². The Bertz CT molecular complexity index is 368. The van der Waals surface area contributed by atoms with E-state index < -0.39 is 6.09 Å². The van der Waals surface area contributed by atoms with Crippen molar-refractivity contribution in [3.05, 3.63) is 18.3 Å². The van der Waals surface area contributed by atoms with Crippen molar-refractivity contribution in [2.24, 2.45) is 0 Å². The topological polar surface area (TPSA) is 63.2 Å². The minimum absolute atomic E-state index is 0.0386. The third-order valence-electron chi connectivity index (χ3n) is 1.79. The molecule has 0 spiro atoms. The Morgan fingerprint density at radius 3 is 2.59 bits per heavy atom. The van der Waals surface area contributed by atoms with Crippen LogP contribution >= 0.6 is 0 Å². The Kier molecular flexibility index (Phi) is 4.31. The molecule has 0 saturated heterocycles. The minimum Gasteiger partial charge on any atom is -0.450 e. The molecule has 1 heterocycles. The fraction of sp³-hybridized carbons (Fsp3) is 0.500. The van der Waals surface area contributed by atoms with Gasteiger partial charge in [0.15, 0.2) is 0 Å². The summed E-state index contributed by atoms with van der Waals surface area (Å²) in [6, 6.07) is 3.59. The second-order valence-electron chi connectivity index (χ2n) is 4.65. The lowest BCUT2D eigenvalue weighted by Crippen LogP contribution is -2.26. The van der Waals surface area contributed by atoms with Crippen LogP contribution in [0.5, 0.6) is 0 Å². The van der Waals surface area contributed by atoms with E-state index in [0.29, 0.717) is 12.3 Å². The minimum atomic E-state index is -0.467. The van der Waals surface area contributed by atoms with Crippen LogP contribution in [0.2, 0.25) is 0 Å². The van der Waals surface area contributed by atoms with Crippen LogP contribution in [0.4, 0.5) is 16.3 Å². The van der Waals surface area contributed by atoms with Crippen molar-refractivity contribution in [1.82, 2.24) is 4.98 Å². The van der Waals surface area contributed by atoms with Gasteiger partial charge in [0, 0.05) is 5.54 Å². The van der Waals surface area contributed by atoms with E-state index in [-0.39, 0.29) is 5.54 Å². The molecule has 2 N–H and O–H groups in total. The van der Waals surface area contributed by atoms with Gasteiger partial charge < -0.3 is 10.1 Å². The number of pyridine rings is 1. The molecular weight excluding hydrogens is 218 g/mol. The molecule has 0 unspecified atom stereocenters. The fourth-order valence-corrected chi connectivity index (χ4v) is 1.21. The quantitative estimate of drug-likeness (QED) is 0.848. The second kappa shape index (κ2) is 5.52. The van der Waals surface area contributed by atoms with Crippen molar-refractivity contribution < 1.29 is 9.53 Å². The highest BCUT2D eigenvalue weighted by atomic mass is 16.5. The van der Waals surface area contributed by atoms with Gasteiger partial charge in [-0.15, -0.1) is 0 Å². The van der Waals surface area contributed by atoms with E-state index in [4.69, 9.17) is 4.74 Å². The summed E-state index contributed by atoms with van der Waals surface area (Å²) in [5.74, 6) is 0.770. The first-order valence-corrected chi connectivity index (χ1v) is 5.59. The monoisotopic (exact) mass is 237 g/mol. The van der Waals surface area contributed by atoms with E-state index in [1.165, 1.54) is 0 Å². The van der Waals surface area contributed by atoms with E-state index in [0.717, 1.165) is 5.82 Å². The molecule has 1 aromatic rings. The first-order chi connectivity index (χ1) is 7.90. The van der Waals surface area contributed by atoms with Gasteiger partial charge >= 0.3 is 6.09 Å². The van der Waals surface area contributed by atoms with Gasteiger partial charge in [0.05, 0.1) is 18.5 Å². The third-order valence-corrected chi connectivity index (χ3v) is 1.79. The zero-order valence-corrected chi connectivity index (χ0v) is 10.7. The normalized spacial score (nSPS) is 10.8. The van der Waals surface area contributed by atoms with Crippen LogP contribution in [0.25, 0.3) is 0 Å². The van der Waals surface area contributed by atoms with E-state index in [1.807, 2.05) is 6.07 Å². The Hall–Kier alpha value is -1.78. The Labute approximate surface area is 102 Å². The number of hydrogen-bond acceptors (Lipinski definition) is 4. The molecule has 0 atom stereocenters. The second-order valence-corrected chi connectivity index (χ2v) is 4.65. The molecule has 0 aliphatic heterocycles. The van der Waals surface area contributed by atoms with Crippen LogP contribution in [-0.4, -0.2) is 23.2 Å². The van der Waals surface area contributed by atoms with Gasteiger partial charge in [0.1, 0.15) is 5.82 Å². The summed E-state index contributed by atoms with van der Waals surface area (Å²) in [6.45, 7) is 8.27. The highest BCUT2D eigenvalue weighted by Crippen LogP contribution is 2.14. The summed E-state index contributed by atoms with van der Waals surface area (Å²) in [6.07, 6.45) is 1.12. The van der Waals surface area contributed by atoms with Crippen LogP contribution in [0, 0.1) is 0 Å². The average molecular weight is 237 g/mol. The molecule has 0 fully saturated rings. The van der Waals surface area contributed by atoms with Crippen LogP contribution < -0.4 is 10.6 Å². The van der Waals surface area contributed by atoms with E-state index in [2.05, 4.69) is 36.4 Å². The zero-order valence-electron chi connectivity index (χ0n) is 10.7. The fourth-order valence-electron chi connectivity index (χ4n) is 1.21. The zero-order chi connectivity index (χ0) is 12.9. The van der Waals surface area contributed by atoms with Crippen LogP contribution in [-0.2, 0) is 4.74 Å². The smallest absolute Gasteiger partial charge is 0.411 e. The summed E-state index contributed by atoms with van der Waals surface area (Å²) in [7, 11) is 0. The average Bonchev–Trinajstić information content (AvgIpc) is 2.19. The van der Waals surface area contributed by atoms with Crippen LogP contribution in [0.1, 0.15) is 27.7 Å². The molecule has 0 saturated carbocycles. The van der Waals surface area contributed by atoms with Gasteiger partial charge in [-0.25, -0.2) is 9.78 Å². The lowest BCUT2D eigenvalue weighted by Gasteiger charge is -2.21. The molecule has 1 rings (SSSR count). The Morgan fingerprint density at radius 1 is 1.41 bits per heavy atom.